The molecule has 1 atom stereocenters. The number of para-hydroxylation sites is 1. The summed E-state index contributed by atoms with van der Waals surface area (Å²) < 4.78 is 0. The van der Waals surface area contributed by atoms with Crippen LogP contribution in [0.3, 0.4) is 0 Å². The molecular weight excluding hydrogens is 302 g/mol. The zero-order valence-electron chi connectivity index (χ0n) is 13.1. The first-order valence-corrected chi connectivity index (χ1v) is 7.73. The molecule has 0 saturated heterocycles. The average molecular weight is 321 g/mol. The molecular formula is C20H19NO3. The van der Waals surface area contributed by atoms with Crippen LogP contribution in [0.4, 0.5) is 5.69 Å². The first kappa shape index (κ1) is 15.9. The number of hydrogen-bond donors (Lipinski definition) is 4. The minimum Gasteiger partial charge on any atom is -0.504 e. The van der Waals surface area contributed by atoms with E-state index in [0.717, 1.165) is 16.8 Å². The third kappa shape index (κ3) is 3.50. The van der Waals surface area contributed by atoms with Crippen molar-refractivity contribution >= 4 is 5.69 Å². The summed E-state index contributed by atoms with van der Waals surface area (Å²) in [5, 5.41) is 32.4. The third-order valence-corrected chi connectivity index (χ3v) is 3.88. The van der Waals surface area contributed by atoms with Gasteiger partial charge in [0.15, 0.2) is 11.5 Å². The van der Waals surface area contributed by atoms with E-state index in [2.05, 4.69) is 5.32 Å². The standard InChI is InChI=1S/C20H19NO3/c22-18-11-10-15(12-19(18)23)20(24)13-21-17-9-5-4-8-16(17)14-6-2-1-3-7-14/h1-12,20-24H,13H2. The van der Waals surface area contributed by atoms with E-state index in [-0.39, 0.29) is 18.0 Å². The SMILES string of the molecule is Oc1ccc(C(O)CNc2ccccc2-c2ccccc2)cc1O. The molecule has 0 aromatic heterocycles. The van der Waals surface area contributed by atoms with E-state index in [1.54, 1.807) is 6.07 Å². The maximum atomic E-state index is 10.3. The minimum atomic E-state index is -0.805. The van der Waals surface area contributed by atoms with Crippen LogP contribution in [-0.2, 0) is 0 Å². The molecule has 0 aliphatic carbocycles. The molecule has 0 aliphatic rings. The molecule has 1 unspecified atom stereocenters. The van der Waals surface area contributed by atoms with Crippen molar-refractivity contribution in [3.63, 3.8) is 0 Å². The lowest BCUT2D eigenvalue weighted by atomic mass is 10.0. The Kier molecular flexibility index (Phi) is 4.68. The molecule has 0 bridgehead atoms. The zero-order valence-corrected chi connectivity index (χ0v) is 13.1. The van der Waals surface area contributed by atoms with Crippen molar-refractivity contribution in [2.45, 2.75) is 6.10 Å². The maximum absolute atomic E-state index is 10.3. The van der Waals surface area contributed by atoms with Gasteiger partial charge in [-0.25, -0.2) is 0 Å². The molecule has 3 aromatic rings. The second kappa shape index (κ2) is 7.06. The summed E-state index contributed by atoms with van der Waals surface area (Å²) in [5.41, 5.74) is 3.61. The molecule has 0 saturated carbocycles. The van der Waals surface area contributed by atoms with Crippen molar-refractivity contribution in [3.05, 3.63) is 78.4 Å². The number of aromatic hydroxyl groups is 2. The lowest BCUT2D eigenvalue weighted by molar-refractivity contribution is 0.191. The molecule has 3 aromatic carbocycles. The number of aliphatic hydroxyl groups excluding tert-OH is 1. The normalized spacial score (nSPS) is 11.9. The van der Waals surface area contributed by atoms with E-state index < -0.39 is 6.10 Å². The van der Waals surface area contributed by atoms with E-state index >= 15 is 0 Å². The van der Waals surface area contributed by atoms with Gasteiger partial charge in [0.05, 0.1) is 6.10 Å². The lowest BCUT2D eigenvalue weighted by Crippen LogP contribution is -2.12. The molecule has 0 heterocycles. The number of hydrogen-bond acceptors (Lipinski definition) is 4. The van der Waals surface area contributed by atoms with Gasteiger partial charge in [0.1, 0.15) is 0 Å². The van der Waals surface area contributed by atoms with Crippen LogP contribution >= 0.6 is 0 Å². The molecule has 4 heteroatoms. The number of benzene rings is 3. The number of rotatable bonds is 5. The first-order chi connectivity index (χ1) is 11.6. The summed E-state index contributed by atoms with van der Waals surface area (Å²) in [6, 6.07) is 22.2. The summed E-state index contributed by atoms with van der Waals surface area (Å²) in [4.78, 5) is 0. The van der Waals surface area contributed by atoms with Gasteiger partial charge in [0.2, 0.25) is 0 Å². The Morgan fingerprint density at radius 2 is 1.50 bits per heavy atom. The maximum Gasteiger partial charge on any atom is 0.157 e. The predicted molar refractivity (Wildman–Crippen MR) is 95.1 cm³/mol. The van der Waals surface area contributed by atoms with Crippen LogP contribution in [0.15, 0.2) is 72.8 Å². The van der Waals surface area contributed by atoms with Crippen molar-refractivity contribution in [1.82, 2.24) is 0 Å². The van der Waals surface area contributed by atoms with Gasteiger partial charge in [-0.2, -0.15) is 0 Å². The molecule has 0 radical (unpaired) electrons. The van der Waals surface area contributed by atoms with Crippen LogP contribution in [0.2, 0.25) is 0 Å². The number of anilines is 1. The monoisotopic (exact) mass is 321 g/mol. The largest absolute Gasteiger partial charge is 0.504 e. The van der Waals surface area contributed by atoms with E-state index in [1.807, 2.05) is 54.6 Å². The Morgan fingerprint density at radius 3 is 2.25 bits per heavy atom. The third-order valence-electron chi connectivity index (χ3n) is 3.88. The van der Waals surface area contributed by atoms with E-state index in [4.69, 9.17) is 0 Å². The van der Waals surface area contributed by atoms with Crippen LogP contribution in [0.25, 0.3) is 11.1 Å². The molecule has 122 valence electrons. The number of phenolic OH excluding ortho intramolecular Hbond substituents is 2. The molecule has 0 aliphatic heterocycles. The van der Waals surface area contributed by atoms with Gasteiger partial charge in [-0.1, -0.05) is 54.6 Å². The highest BCUT2D eigenvalue weighted by Gasteiger charge is 2.11. The molecule has 0 fully saturated rings. The van der Waals surface area contributed by atoms with E-state index in [1.165, 1.54) is 12.1 Å². The van der Waals surface area contributed by atoms with Crippen LogP contribution in [0.1, 0.15) is 11.7 Å². The lowest BCUT2D eigenvalue weighted by Gasteiger charge is -2.16. The van der Waals surface area contributed by atoms with Crippen LogP contribution < -0.4 is 5.32 Å². The molecule has 3 rings (SSSR count). The second-order valence-electron chi connectivity index (χ2n) is 5.56. The van der Waals surface area contributed by atoms with Gasteiger partial charge in [0.25, 0.3) is 0 Å². The van der Waals surface area contributed by atoms with Crippen molar-refractivity contribution in [2.24, 2.45) is 0 Å². The predicted octanol–water partition coefficient (Wildman–Crippen LogP) is 3.91. The smallest absolute Gasteiger partial charge is 0.157 e. The summed E-state index contributed by atoms with van der Waals surface area (Å²) in [5.74, 6) is -0.440. The summed E-state index contributed by atoms with van der Waals surface area (Å²) in [7, 11) is 0. The molecule has 24 heavy (non-hydrogen) atoms. The fourth-order valence-electron chi connectivity index (χ4n) is 2.58. The molecule has 0 amide bonds. The quantitative estimate of drug-likeness (QED) is 0.538. The van der Waals surface area contributed by atoms with E-state index in [9.17, 15) is 15.3 Å². The average Bonchev–Trinajstić information content (AvgIpc) is 2.63. The van der Waals surface area contributed by atoms with Crippen LogP contribution in [-0.4, -0.2) is 21.9 Å². The Labute approximate surface area is 140 Å². The molecule has 4 nitrogen and oxygen atoms in total. The highest BCUT2D eigenvalue weighted by Crippen LogP contribution is 2.30. The van der Waals surface area contributed by atoms with Gasteiger partial charge in [-0.3, -0.25) is 0 Å². The molecule has 4 N–H and O–H groups in total. The second-order valence-corrected chi connectivity index (χ2v) is 5.56. The number of phenols is 2. The van der Waals surface area contributed by atoms with Crippen molar-refractivity contribution in [3.8, 4) is 22.6 Å². The topological polar surface area (TPSA) is 72.7 Å². The summed E-state index contributed by atoms with van der Waals surface area (Å²) in [6.45, 7) is 0.286. The van der Waals surface area contributed by atoms with Gasteiger partial charge < -0.3 is 20.6 Å². The fraction of sp³-hybridized carbons (Fsp3) is 0.100. The summed E-state index contributed by atoms with van der Waals surface area (Å²) in [6.07, 6.45) is -0.805. The van der Waals surface area contributed by atoms with Crippen molar-refractivity contribution in [2.75, 3.05) is 11.9 Å². The Balaban J connectivity index is 1.76. The van der Waals surface area contributed by atoms with Gasteiger partial charge >= 0.3 is 0 Å². The molecule has 0 spiro atoms. The minimum absolute atomic E-state index is 0.201. The van der Waals surface area contributed by atoms with Crippen molar-refractivity contribution in [1.29, 1.82) is 0 Å². The first-order valence-electron chi connectivity index (χ1n) is 7.73. The fourth-order valence-corrected chi connectivity index (χ4v) is 2.58. The number of nitrogens with one attached hydrogen (secondary N) is 1. The Hall–Kier alpha value is -2.98. The highest BCUT2D eigenvalue weighted by molar-refractivity contribution is 5.77. The van der Waals surface area contributed by atoms with E-state index in [0.29, 0.717) is 5.56 Å². The Morgan fingerprint density at radius 1 is 0.792 bits per heavy atom. The highest BCUT2D eigenvalue weighted by atomic mass is 16.3. The van der Waals surface area contributed by atoms with Gasteiger partial charge in [-0.05, 0) is 29.3 Å². The van der Waals surface area contributed by atoms with Crippen molar-refractivity contribution < 1.29 is 15.3 Å². The zero-order chi connectivity index (χ0) is 16.9. The van der Waals surface area contributed by atoms with Crippen LogP contribution in [0.5, 0.6) is 11.5 Å². The summed E-state index contributed by atoms with van der Waals surface area (Å²) >= 11 is 0. The van der Waals surface area contributed by atoms with Gasteiger partial charge in [0, 0.05) is 17.8 Å². The number of aliphatic hydroxyl groups is 1. The van der Waals surface area contributed by atoms with Gasteiger partial charge in [-0.15, -0.1) is 0 Å². The van der Waals surface area contributed by atoms with Crippen LogP contribution in [0, 0.1) is 0 Å². The Bertz CT molecular complexity index is 818.